The van der Waals surface area contributed by atoms with E-state index in [1.807, 2.05) is 26.8 Å². The minimum Gasteiger partial charge on any atom is -0.353 e. The number of carbonyl (C=O) groups excluding carboxylic acids is 1. The molecule has 0 aliphatic carbocycles. The van der Waals surface area contributed by atoms with E-state index in [9.17, 15) is 4.79 Å². The fraction of sp³-hybridized carbons (Fsp3) is 0.500. The van der Waals surface area contributed by atoms with E-state index >= 15 is 0 Å². The molecule has 0 saturated carbocycles. The van der Waals surface area contributed by atoms with Crippen LogP contribution >= 0.6 is 11.3 Å². The number of amides is 1. The van der Waals surface area contributed by atoms with Crippen molar-refractivity contribution in [3.8, 4) is 6.07 Å². The van der Waals surface area contributed by atoms with Gasteiger partial charge in [-0.05, 0) is 32.9 Å². The Morgan fingerprint density at radius 2 is 2.18 bits per heavy atom. The van der Waals surface area contributed by atoms with E-state index < -0.39 is 0 Å². The van der Waals surface area contributed by atoms with E-state index in [-0.39, 0.29) is 18.0 Å². The van der Waals surface area contributed by atoms with Crippen LogP contribution in [-0.4, -0.2) is 18.0 Å². The monoisotopic (exact) mass is 251 g/mol. The van der Waals surface area contributed by atoms with Crippen molar-refractivity contribution in [1.29, 1.82) is 5.26 Å². The van der Waals surface area contributed by atoms with E-state index in [0.29, 0.717) is 11.4 Å². The molecule has 17 heavy (non-hydrogen) atoms. The van der Waals surface area contributed by atoms with Gasteiger partial charge in [0.05, 0.1) is 6.04 Å². The maximum Gasteiger partial charge on any atom is 0.237 e. The molecule has 0 spiro atoms. The first-order valence-electron chi connectivity index (χ1n) is 5.55. The summed E-state index contributed by atoms with van der Waals surface area (Å²) in [6.45, 7) is 6.31. The normalized spacial score (nSPS) is 12.2. The number of nitriles is 1. The van der Waals surface area contributed by atoms with Crippen LogP contribution in [0.4, 0.5) is 0 Å². The molecule has 0 aliphatic rings. The SMILES string of the molecule is CC(C)NC(=O)C(C)NCc1ccc(C#N)s1. The first kappa shape index (κ1) is 13.7. The van der Waals surface area contributed by atoms with Crippen molar-refractivity contribution in [1.82, 2.24) is 10.6 Å². The lowest BCUT2D eigenvalue weighted by Crippen LogP contribution is -2.44. The largest absolute Gasteiger partial charge is 0.353 e. The second kappa shape index (κ2) is 6.38. The fourth-order valence-corrected chi connectivity index (χ4v) is 2.04. The van der Waals surface area contributed by atoms with E-state index in [4.69, 9.17) is 5.26 Å². The third-order valence-electron chi connectivity index (χ3n) is 2.18. The van der Waals surface area contributed by atoms with Crippen LogP contribution in [0.2, 0.25) is 0 Å². The lowest BCUT2D eigenvalue weighted by atomic mass is 10.2. The molecule has 1 atom stereocenters. The Kier molecular flexibility index (Phi) is 5.13. The minimum atomic E-state index is -0.231. The van der Waals surface area contributed by atoms with Crippen LogP contribution in [0.3, 0.4) is 0 Å². The molecule has 0 aromatic carbocycles. The third kappa shape index (κ3) is 4.55. The molecule has 1 aromatic rings. The maximum absolute atomic E-state index is 11.6. The predicted octanol–water partition coefficient (Wildman–Crippen LogP) is 1.62. The average Bonchev–Trinajstić information content (AvgIpc) is 2.72. The van der Waals surface area contributed by atoms with E-state index in [2.05, 4.69) is 16.7 Å². The van der Waals surface area contributed by atoms with Crippen LogP contribution in [0.1, 0.15) is 30.5 Å². The van der Waals surface area contributed by atoms with Gasteiger partial charge in [-0.2, -0.15) is 5.26 Å². The van der Waals surface area contributed by atoms with Crippen molar-refractivity contribution >= 4 is 17.2 Å². The van der Waals surface area contributed by atoms with Crippen LogP contribution in [-0.2, 0) is 11.3 Å². The number of nitrogens with one attached hydrogen (secondary N) is 2. The number of hydrogen-bond donors (Lipinski definition) is 2. The van der Waals surface area contributed by atoms with Gasteiger partial charge >= 0.3 is 0 Å². The van der Waals surface area contributed by atoms with Gasteiger partial charge < -0.3 is 10.6 Å². The third-order valence-corrected chi connectivity index (χ3v) is 3.17. The lowest BCUT2D eigenvalue weighted by Gasteiger charge is -2.15. The summed E-state index contributed by atoms with van der Waals surface area (Å²) < 4.78 is 0. The molecule has 0 saturated heterocycles. The van der Waals surface area contributed by atoms with Gasteiger partial charge in [-0.25, -0.2) is 0 Å². The molecule has 0 fully saturated rings. The molecule has 1 amide bonds. The molecule has 1 heterocycles. The van der Waals surface area contributed by atoms with Gasteiger partial charge in [-0.3, -0.25) is 4.79 Å². The second-order valence-electron chi connectivity index (χ2n) is 4.14. The molecule has 1 aromatic heterocycles. The lowest BCUT2D eigenvalue weighted by molar-refractivity contribution is -0.123. The molecule has 1 rings (SSSR count). The van der Waals surface area contributed by atoms with E-state index in [1.165, 1.54) is 11.3 Å². The first-order chi connectivity index (χ1) is 8.02. The highest BCUT2D eigenvalue weighted by Gasteiger charge is 2.12. The summed E-state index contributed by atoms with van der Waals surface area (Å²) in [6, 6.07) is 5.71. The van der Waals surface area contributed by atoms with Crippen molar-refractivity contribution in [2.24, 2.45) is 0 Å². The Morgan fingerprint density at radius 3 is 2.71 bits per heavy atom. The van der Waals surface area contributed by atoms with Crippen molar-refractivity contribution in [3.05, 3.63) is 21.9 Å². The predicted molar refractivity (Wildman–Crippen MR) is 68.6 cm³/mol. The minimum absolute atomic E-state index is 0.00272. The Hall–Kier alpha value is -1.38. The van der Waals surface area contributed by atoms with Crippen LogP contribution < -0.4 is 10.6 Å². The molecule has 0 bridgehead atoms. The number of rotatable bonds is 5. The summed E-state index contributed by atoms with van der Waals surface area (Å²) in [6.07, 6.45) is 0. The van der Waals surface area contributed by atoms with Gasteiger partial charge in [0.1, 0.15) is 10.9 Å². The maximum atomic E-state index is 11.6. The molecule has 2 N–H and O–H groups in total. The Bertz CT molecular complexity index is 420. The first-order valence-corrected chi connectivity index (χ1v) is 6.37. The topological polar surface area (TPSA) is 64.9 Å². The van der Waals surface area contributed by atoms with Crippen LogP contribution in [0.5, 0.6) is 0 Å². The van der Waals surface area contributed by atoms with Crippen LogP contribution in [0.25, 0.3) is 0 Å². The summed E-state index contributed by atoms with van der Waals surface area (Å²) in [5.74, 6) is -0.00272. The van der Waals surface area contributed by atoms with Crippen molar-refractivity contribution in [3.63, 3.8) is 0 Å². The Labute approximate surface area is 106 Å². The number of hydrogen-bond acceptors (Lipinski definition) is 4. The highest BCUT2D eigenvalue weighted by Crippen LogP contribution is 2.14. The summed E-state index contributed by atoms with van der Waals surface area (Å²) in [5, 5.41) is 14.7. The van der Waals surface area contributed by atoms with E-state index in [1.54, 1.807) is 6.07 Å². The standard InChI is InChI=1S/C12H17N3OS/c1-8(2)15-12(16)9(3)14-7-11-5-4-10(6-13)17-11/h4-5,8-9,14H,7H2,1-3H3,(H,15,16). The smallest absolute Gasteiger partial charge is 0.237 e. The van der Waals surface area contributed by atoms with Gasteiger partial charge in [0.2, 0.25) is 5.91 Å². The zero-order valence-electron chi connectivity index (χ0n) is 10.3. The average molecular weight is 251 g/mol. The molecule has 5 heteroatoms. The van der Waals surface area contributed by atoms with E-state index in [0.717, 1.165) is 4.88 Å². The zero-order valence-corrected chi connectivity index (χ0v) is 11.1. The molecule has 92 valence electrons. The zero-order chi connectivity index (χ0) is 12.8. The highest BCUT2D eigenvalue weighted by atomic mass is 32.1. The number of nitrogens with zero attached hydrogens (tertiary/aromatic N) is 1. The fourth-order valence-electron chi connectivity index (χ4n) is 1.29. The van der Waals surface area contributed by atoms with Crippen molar-refractivity contribution in [2.75, 3.05) is 0 Å². The van der Waals surface area contributed by atoms with Crippen LogP contribution in [0.15, 0.2) is 12.1 Å². The van der Waals surface area contributed by atoms with Crippen molar-refractivity contribution < 1.29 is 4.79 Å². The quantitative estimate of drug-likeness (QED) is 0.836. The molecule has 4 nitrogen and oxygen atoms in total. The van der Waals surface area contributed by atoms with Crippen LogP contribution in [0, 0.1) is 11.3 Å². The summed E-state index contributed by atoms with van der Waals surface area (Å²) in [4.78, 5) is 13.4. The van der Waals surface area contributed by atoms with Crippen molar-refractivity contribution in [2.45, 2.75) is 39.4 Å². The highest BCUT2D eigenvalue weighted by molar-refractivity contribution is 7.12. The summed E-state index contributed by atoms with van der Waals surface area (Å²) in [7, 11) is 0. The molecule has 0 aliphatic heterocycles. The summed E-state index contributed by atoms with van der Waals surface area (Å²) in [5.41, 5.74) is 0. The molecule has 0 radical (unpaired) electrons. The molecular weight excluding hydrogens is 234 g/mol. The van der Waals surface area contributed by atoms with Gasteiger partial charge in [0.15, 0.2) is 0 Å². The molecular formula is C12H17N3OS. The summed E-state index contributed by atoms with van der Waals surface area (Å²) >= 11 is 1.45. The van der Waals surface area contributed by atoms with Gasteiger partial charge in [0.25, 0.3) is 0 Å². The molecule has 1 unspecified atom stereocenters. The van der Waals surface area contributed by atoms with Gasteiger partial charge in [-0.15, -0.1) is 11.3 Å². The van der Waals surface area contributed by atoms with Gasteiger partial charge in [0, 0.05) is 17.5 Å². The second-order valence-corrected chi connectivity index (χ2v) is 5.31. The Balaban J connectivity index is 2.40. The number of carbonyl (C=O) groups is 1. The number of thiophene rings is 1. The Morgan fingerprint density at radius 1 is 1.47 bits per heavy atom. The van der Waals surface area contributed by atoms with Gasteiger partial charge in [-0.1, -0.05) is 0 Å².